The highest BCUT2D eigenvalue weighted by molar-refractivity contribution is 5.66. The van der Waals surface area contributed by atoms with Crippen molar-refractivity contribution < 1.29 is 9.90 Å². The standard InChI is InChI=1S/C25H34N2O2/c1-4-12-26(13-5-2)24-16-22-11-7-10-21(22)15-23(24)18-27(25(28)29)17-20-9-6-8-19(3)14-20/h6,8-9,14-16H,4-5,7,10-13,17-18H2,1-3H3,(H,28,29). The van der Waals surface area contributed by atoms with Crippen molar-refractivity contribution in [3.8, 4) is 0 Å². The van der Waals surface area contributed by atoms with Gasteiger partial charge in [-0.25, -0.2) is 4.79 Å². The van der Waals surface area contributed by atoms with E-state index in [0.717, 1.165) is 55.5 Å². The number of nitrogens with zero attached hydrogens (tertiary/aromatic N) is 2. The molecule has 29 heavy (non-hydrogen) atoms. The highest BCUT2D eigenvalue weighted by Crippen LogP contribution is 2.32. The lowest BCUT2D eigenvalue weighted by Gasteiger charge is -2.29. The van der Waals surface area contributed by atoms with Gasteiger partial charge in [-0.15, -0.1) is 0 Å². The Bertz CT molecular complexity index is 841. The summed E-state index contributed by atoms with van der Waals surface area (Å²) in [6.45, 7) is 9.30. The number of carboxylic acid groups (broad SMARTS) is 1. The van der Waals surface area contributed by atoms with Gasteiger partial charge in [0, 0.05) is 25.3 Å². The molecule has 0 bridgehead atoms. The van der Waals surface area contributed by atoms with Crippen LogP contribution >= 0.6 is 0 Å². The monoisotopic (exact) mass is 394 g/mol. The lowest BCUT2D eigenvalue weighted by atomic mass is 10.0. The topological polar surface area (TPSA) is 43.8 Å². The van der Waals surface area contributed by atoms with E-state index in [2.05, 4.69) is 36.9 Å². The molecular weight excluding hydrogens is 360 g/mol. The van der Waals surface area contributed by atoms with E-state index in [1.165, 1.54) is 23.2 Å². The molecule has 156 valence electrons. The highest BCUT2D eigenvalue weighted by Gasteiger charge is 2.21. The molecular formula is C25H34N2O2. The zero-order valence-electron chi connectivity index (χ0n) is 18.1. The first-order valence-electron chi connectivity index (χ1n) is 10.9. The molecule has 1 aliphatic rings. The number of benzene rings is 2. The first-order chi connectivity index (χ1) is 14.0. The zero-order valence-corrected chi connectivity index (χ0v) is 18.1. The molecule has 4 nitrogen and oxygen atoms in total. The molecule has 0 heterocycles. The average Bonchev–Trinajstić information content (AvgIpc) is 3.14. The summed E-state index contributed by atoms with van der Waals surface area (Å²) in [5, 5.41) is 9.91. The fraction of sp³-hybridized carbons (Fsp3) is 0.480. The van der Waals surface area contributed by atoms with Crippen LogP contribution in [0.2, 0.25) is 0 Å². The number of anilines is 1. The van der Waals surface area contributed by atoms with Crippen molar-refractivity contribution in [2.45, 2.75) is 66.0 Å². The number of hydrogen-bond acceptors (Lipinski definition) is 2. The Morgan fingerprint density at radius 3 is 2.31 bits per heavy atom. The Hall–Kier alpha value is -2.49. The van der Waals surface area contributed by atoms with E-state index in [1.54, 1.807) is 4.90 Å². The van der Waals surface area contributed by atoms with Crippen LogP contribution in [0, 0.1) is 6.92 Å². The molecule has 0 aliphatic heterocycles. The van der Waals surface area contributed by atoms with E-state index in [0.29, 0.717) is 13.1 Å². The van der Waals surface area contributed by atoms with Gasteiger partial charge < -0.3 is 10.0 Å². The van der Waals surface area contributed by atoms with E-state index in [4.69, 9.17) is 0 Å². The van der Waals surface area contributed by atoms with Crippen molar-refractivity contribution in [3.05, 3.63) is 64.2 Å². The number of hydrogen-bond donors (Lipinski definition) is 1. The van der Waals surface area contributed by atoms with Gasteiger partial charge in [-0.2, -0.15) is 0 Å². The summed E-state index contributed by atoms with van der Waals surface area (Å²) in [6, 6.07) is 12.7. The van der Waals surface area contributed by atoms with Crippen LogP contribution in [0.4, 0.5) is 10.5 Å². The quantitative estimate of drug-likeness (QED) is 0.585. The van der Waals surface area contributed by atoms with Gasteiger partial charge in [0.05, 0.1) is 6.54 Å². The van der Waals surface area contributed by atoms with Crippen LogP contribution in [-0.4, -0.2) is 29.2 Å². The molecule has 0 saturated heterocycles. The summed E-state index contributed by atoms with van der Waals surface area (Å²) in [5.41, 5.74) is 7.41. The van der Waals surface area contributed by atoms with Crippen LogP contribution in [0.5, 0.6) is 0 Å². The largest absolute Gasteiger partial charge is 0.465 e. The summed E-state index contributed by atoms with van der Waals surface area (Å²) >= 11 is 0. The van der Waals surface area contributed by atoms with Crippen LogP contribution in [0.25, 0.3) is 0 Å². The number of carbonyl (C=O) groups is 1. The Morgan fingerprint density at radius 1 is 1.00 bits per heavy atom. The Morgan fingerprint density at radius 2 is 1.69 bits per heavy atom. The van der Waals surface area contributed by atoms with Crippen molar-refractivity contribution in [1.29, 1.82) is 0 Å². The zero-order chi connectivity index (χ0) is 20.8. The predicted molar refractivity (Wildman–Crippen MR) is 120 cm³/mol. The minimum absolute atomic E-state index is 0.412. The van der Waals surface area contributed by atoms with Gasteiger partial charge in [-0.05, 0) is 67.3 Å². The molecule has 0 saturated carbocycles. The molecule has 1 aliphatic carbocycles. The van der Waals surface area contributed by atoms with E-state index in [-0.39, 0.29) is 0 Å². The average molecular weight is 395 g/mol. The van der Waals surface area contributed by atoms with Crippen molar-refractivity contribution in [3.63, 3.8) is 0 Å². The fourth-order valence-corrected chi connectivity index (χ4v) is 4.40. The highest BCUT2D eigenvalue weighted by atomic mass is 16.4. The number of rotatable bonds is 9. The summed E-state index contributed by atoms with van der Waals surface area (Å²) in [6.07, 6.45) is 4.75. The van der Waals surface area contributed by atoms with Crippen LogP contribution < -0.4 is 4.90 Å². The number of amides is 1. The minimum atomic E-state index is -0.865. The van der Waals surface area contributed by atoms with Crippen LogP contribution in [0.15, 0.2) is 36.4 Å². The molecule has 0 atom stereocenters. The molecule has 1 amide bonds. The van der Waals surface area contributed by atoms with Crippen molar-refractivity contribution in [2.75, 3.05) is 18.0 Å². The smallest absolute Gasteiger partial charge is 0.407 e. The third kappa shape index (κ3) is 5.31. The third-order valence-electron chi connectivity index (χ3n) is 5.71. The third-order valence-corrected chi connectivity index (χ3v) is 5.71. The first kappa shape index (κ1) is 21.2. The molecule has 3 rings (SSSR count). The lowest BCUT2D eigenvalue weighted by Crippen LogP contribution is -2.31. The first-order valence-corrected chi connectivity index (χ1v) is 10.9. The molecule has 1 N–H and O–H groups in total. The Labute approximate surface area is 175 Å². The second-order valence-corrected chi connectivity index (χ2v) is 8.22. The van der Waals surface area contributed by atoms with Crippen molar-refractivity contribution in [1.82, 2.24) is 4.90 Å². The van der Waals surface area contributed by atoms with Gasteiger partial charge in [0.1, 0.15) is 0 Å². The summed E-state index contributed by atoms with van der Waals surface area (Å²) < 4.78 is 0. The maximum atomic E-state index is 12.1. The molecule has 0 spiro atoms. The molecule has 0 radical (unpaired) electrons. The normalized spacial score (nSPS) is 12.7. The van der Waals surface area contributed by atoms with Crippen molar-refractivity contribution >= 4 is 11.8 Å². The molecule has 4 heteroatoms. The van der Waals surface area contributed by atoms with E-state index >= 15 is 0 Å². The summed E-state index contributed by atoms with van der Waals surface area (Å²) in [5.74, 6) is 0. The maximum Gasteiger partial charge on any atom is 0.407 e. The van der Waals surface area contributed by atoms with Gasteiger partial charge in [0.25, 0.3) is 0 Å². The second-order valence-electron chi connectivity index (χ2n) is 8.22. The lowest BCUT2D eigenvalue weighted by molar-refractivity contribution is 0.139. The van der Waals surface area contributed by atoms with Crippen molar-refractivity contribution in [2.24, 2.45) is 0 Å². The van der Waals surface area contributed by atoms with E-state index in [1.807, 2.05) is 25.1 Å². The summed E-state index contributed by atoms with van der Waals surface area (Å²) in [4.78, 5) is 16.1. The SMILES string of the molecule is CCCN(CCC)c1cc2c(cc1CN(Cc1cccc(C)c1)C(=O)O)CCC2. The van der Waals surface area contributed by atoms with Gasteiger partial charge in [-0.1, -0.05) is 49.7 Å². The molecule has 0 fully saturated rings. The van der Waals surface area contributed by atoms with Crippen LogP contribution in [0.3, 0.4) is 0 Å². The second kappa shape index (κ2) is 9.82. The van der Waals surface area contributed by atoms with Gasteiger partial charge in [-0.3, -0.25) is 4.90 Å². The minimum Gasteiger partial charge on any atom is -0.465 e. The van der Waals surface area contributed by atoms with Gasteiger partial charge in [0.15, 0.2) is 0 Å². The number of aryl methyl sites for hydroxylation is 3. The molecule has 2 aromatic carbocycles. The van der Waals surface area contributed by atoms with Gasteiger partial charge >= 0.3 is 6.09 Å². The summed E-state index contributed by atoms with van der Waals surface area (Å²) in [7, 11) is 0. The molecule has 2 aromatic rings. The van der Waals surface area contributed by atoms with Gasteiger partial charge in [0.2, 0.25) is 0 Å². The molecule has 0 aromatic heterocycles. The Kier molecular flexibility index (Phi) is 7.18. The van der Waals surface area contributed by atoms with E-state index < -0.39 is 6.09 Å². The fourth-order valence-electron chi connectivity index (χ4n) is 4.40. The van der Waals surface area contributed by atoms with E-state index in [9.17, 15) is 9.90 Å². The molecule has 0 unspecified atom stereocenters. The maximum absolute atomic E-state index is 12.1. The Balaban J connectivity index is 1.93. The number of fused-ring (bicyclic) bond motifs is 1. The van der Waals surface area contributed by atoms with Crippen LogP contribution in [-0.2, 0) is 25.9 Å². The predicted octanol–water partition coefficient (Wildman–Crippen LogP) is 5.79. The van der Waals surface area contributed by atoms with Crippen LogP contribution in [0.1, 0.15) is 60.9 Å².